The standard InChI is InChI=1S/C20H15F2N5O2/c1-26-18(28)9-16(25-15-5-3-2-4-12(15)19(23)29)13-10-24-27(20(13)26)17-7-6-11(21)8-14(17)22/h2-10,25H,1H3,(H2,23,29). The van der Waals surface area contributed by atoms with Gasteiger partial charge in [0.1, 0.15) is 17.2 Å². The smallest absolute Gasteiger partial charge is 0.254 e. The summed E-state index contributed by atoms with van der Waals surface area (Å²) in [4.78, 5) is 24.2. The third-order valence-corrected chi connectivity index (χ3v) is 4.55. The third-order valence-electron chi connectivity index (χ3n) is 4.55. The van der Waals surface area contributed by atoms with E-state index in [0.29, 0.717) is 22.4 Å². The Morgan fingerprint density at radius 3 is 2.59 bits per heavy atom. The topological polar surface area (TPSA) is 94.9 Å². The Bertz CT molecular complexity index is 1330. The van der Waals surface area contributed by atoms with Gasteiger partial charge in [-0.15, -0.1) is 0 Å². The van der Waals surface area contributed by atoms with Gasteiger partial charge in [0.25, 0.3) is 11.5 Å². The molecule has 0 saturated heterocycles. The highest BCUT2D eigenvalue weighted by atomic mass is 19.1. The minimum absolute atomic E-state index is 0.00825. The molecule has 0 aliphatic heterocycles. The second kappa shape index (κ2) is 6.86. The van der Waals surface area contributed by atoms with Crippen LogP contribution in [0.3, 0.4) is 0 Å². The minimum atomic E-state index is -0.820. The molecule has 29 heavy (non-hydrogen) atoms. The van der Waals surface area contributed by atoms with Gasteiger partial charge in [-0.05, 0) is 24.3 Å². The Balaban J connectivity index is 1.93. The number of fused-ring (bicyclic) bond motifs is 1. The van der Waals surface area contributed by atoms with E-state index < -0.39 is 17.5 Å². The molecule has 0 radical (unpaired) electrons. The van der Waals surface area contributed by atoms with Crippen molar-refractivity contribution in [2.24, 2.45) is 12.8 Å². The molecule has 4 aromatic rings. The van der Waals surface area contributed by atoms with E-state index in [9.17, 15) is 18.4 Å². The van der Waals surface area contributed by atoms with Gasteiger partial charge in [-0.25, -0.2) is 13.5 Å². The van der Waals surface area contributed by atoms with Gasteiger partial charge < -0.3 is 11.1 Å². The Morgan fingerprint density at radius 1 is 1.10 bits per heavy atom. The number of para-hydroxylation sites is 1. The first kappa shape index (κ1) is 18.4. The van der Waals surface area contributed by atoms with Gasteiger partial charge in [-0.1, -0.05) is 12.1 Å². The second-order valence-corrected chi connectivity index (χ2v) is 6.38. The highest BCUT2D eigenvalue weighted by molar-refractivity contribution is 6.01. The number of nitrogens with one attached hydrogen (secondary N) is 1. The van der Waals surface area contributed by atoms with Crippen LogP contribution in [0.15, 0.2) is 59.5 Å². The number of carbonyl (C=O) groups is 1. The lowest BCUT2D eigenvalue weighted by atomic mass is 10.1. The number of hydrogen-bond acceptors (Lipinski definition) is 4. The minimum Gasteiger partial charge on any atom is -0.366 e. The summed E-state index contributed by atoms with van der Waals surface area (Å²) in [6.45, 7) is 0. The highest BCUT2D eigenvalue weighted by Gasteiger charge is 2.17. The van der Waals surface area contributed by atoms with Crippen LogP contribution in [0.25, 0.3) is 16.7 Å². The van der Waals surface area contributed by atoms with E-state index >= 15 is 0 Å². The van der Waals surface area contributed by atoms with E-state index in [-0.39, 0.29) is 16.8 Å². The monoisotopic (exact) mass is 395 g/mol. The lowest BCUT2D eigenvalue weighted by molar-refractivity contribution is 0.100. The number of nitrogens with two attached hydrogens (primary N) is 1. The summed E-state index contributed by atoms with van der Waals surface area (Å²) in [5, 5.41) is 7.71. The number of hydrogen-bond donors (Lipinski definition) is 2. The van der Waals surface area contributed by atoms with Gasteiger partial charge in [0, 0.05) is 19.2 Å². The van der Waals surface area contributed by atoms with Crippen molar-refractivity contribution in [3.8, 4) is 5.69 Å². The van der Waals surface area contributed by atoms with Crippen LogP contribution in [0.5, 0.6) is 0 Å². The van der Waals surface area contributed by atoms with E-state index in [1.165, 1.54) is 34.6 Å². The van der Waals surface area contributed by atoms with E-state index in [4.69, 9.17) is 5.73 Å². The number of anilines is 2. The first-order valence-electron chi connectivity index (χ1n) is 8.56. The molecule has 7 nitrogen and oxygen atoms in total. The lowest BCUT2D eigenvalue weighted by Gasteiger charge is -2.13. The number of halogens is 2. The quantitative estimate of drug-likeness (QED) is 0.556. The highest BCUT2D eigenvalue weighted by Crippen LogP contribution is 2.28. The Morgan fingerprint density at radius 2 is 1.86 bits per heavy atom. The molecular weight excluding hydrogens is 380 g/mol. The van der Waals surface area contributed by atoms with Crippen LogP contribution in [-0.4, -0.2) is 20.3 Å². The Hall–Kier alpha value is -4.01. The average Bonchev–Trinajstić information content (AvgIpc) is 3.11. The van der Waals surface area contributed by atoms with Crippen LogP contribution in [0.1, 0.15) is 10.4 Å². The van der Waals surface area contributed by atoms with E-state index in [0.717, 1.165) is 12.1 Å². The van der Waals surface area contributed by atoms with Crippen LogP contribution in [-0.2, 0) is 7.05 Å². The molecule has 0 aliphatic rings. The molecule has 0 aliphatic carbocycles. The number of carbonyl (C=O) groups excluding carboxylic acids is 1. The number of aromatic nitrogens is 3. The fraction of sp³-hybridized carbons (Fsp3) is 0.0500. The zero-order valence-corrected chi connectivity index (χ0v) is 15.2. The van der Waals surface area contributed by atoms with Crippen LogP contribution in [0.2, 0.25) is 0 Å². The number of rotatable bonds is 4. The molecule has 146 valence electrons. The predicted molar refractivity (Wildman–Crippen MR) is 104 cm³/mol. The van der Waals surface area contributed by atoms with Crippen molar-refractivity contribution in [2.45, 2.75) is 0 Å². The predicted octanol–water partition coefficient (Wildman–Crippen LogP) is 2.84. The van der Waals surface area contributed by atoms with E-state index in [2.05, 4.69) is 10.4 Å². The SMILES string of the molecule is Cn1c(=O)cc(Nc2ccccc2C(N)=O)c2cnn(-c3ccc(F)cc3F)c21. The first-order valence-corrected chi connectivity index (χ1v) is 8.56. The van der Waals surface area contributed by atoms with Crippen molar-refractivity contribution in [3.63, 3.8) is 0 Å². The molecule has 2 aromatic carbocycles. The average molecular weight is 395 g/mol. The Kier molecular flexibility index (Phi) is 4.34. The Labute approximate surface area is 163 Å². The summed E-state index contributed by atoms with van der Waals surface area (Å²) in [5.41, 5.74) is 6.33. The fourth-order valence-electron chi connectivity index (χ4n) is 3.14. The summed E-state index contributed by atoms with van der Waals surface area (Å²) in [7, 11) is 1.52. The fourth-order valence-corrected chi connectivity index (χ4v) is 3.14. The molecule has 1 amide bonds. The summed E-state index contributed by atoms with van der Waals surface area (Å²) in [5.74, 6) is -2.17. The van der Waals surface area contributed by atoms with Gasteiger partial charge in [0.15, 0.2) is 5.82 Å². The lowest BCUT2D eigenvalue weighted by Crippen LogP contribution is -2.19. The number of primary amides is 1. The largest absolute Gasteiger partial charge is 0.366 e. The van der Waals surface area contributed by atoms with Gasteiger partial charge in [-0.3, -0.25) is 14.2 Å². The molecule has 0 bridgehead atoms. The van der Waals surface area contributed by atoms with E-state index in [1.54, 1.807) is 24.3 Å². The zero-order valence-electron chi connectivity index (χ0n) is 15.2. The molecular formula is C20H15F2N5O2. The van der Waals surface area contributed by atoms with Crippen LogP contribution >= 0.6 is 0 Å². The normalized spacial score (nSPS) is 11.0. The molecule has 4 rings (SSSR count). The van der Waals surface area contributed by atoms with Gasteiger partial charge in [0.05, 0.1) is 28.5 Å². The van der Waals surface area contributed by atoms with Crippen molar-refractivity contribution >= 4 is 28.3 Å². The van der Waals surface area contributed by atoms with Crippen molar-refractivity contribution in [1.82, 2.24) is 14.3 Å². The summed E-state index contributed by atoms with van der Waals surface area (Å²) < 4.78 is 30.1. The zero-order chi connectivity index (χ0) is 20.7. The van der Waals surface area contributed by atoms with Crippen LogP contribution in [0.4, 0.5) is 20.2 Å². The molecule has 0 spiro atoms. The molecule has 2 heterocycles. The number of aryl methyl sites for hydroxylation is 1. The van der Waals surface area contributed by atoms with Gasteiger partial charge >= 0.3 is 0 Å². The molecule has 3 N–H and O–H groups in total. The summed E-state index contributed by atoms with van der Waals surface area (Å²) >= 11 is 0. The number of pyridine rings is 1. The van der Waals surface area contributed by atoms with Gasteiger partial charge in [-0.2, -0.15) is 5.10 Å². The number of amides is 1. The molecule has 0 fully saturated rings. The summed E-state index contributed by atoms with van der Waals surface area (Å²) in [6.07, 6.45) is 1.45. The van der Waals surface area contributed by atoms with Crippen LogP contribution < -0.4 is 16.6 Å². The summed E-state index contributed by atoms with van der Waals surface area (Å²) in [6, 6.07) is 11.0. The molecule has 0 unspecified atom stereocenters. The number of benzene rings is 2. The third kappa shape index (κ3) is 3.12. The van der Waals surface area contributed by atoms with Crippen molar-refractivity contribution < 1.29 is 13.6 Å². The molecule has 9 heteroatoms. The van der Waals surface area contributed by atoms with Crippen molar-refractivity contribution in [1.29, 1.82) is 0 Å². The van der Waals surface area contributed by atoms with E-state index in [1.807, 2.05) is 0 Å². The van der Waals surface area contributed by atoms with Crippen molar-refractivity contribution in [3.05, 3.63) is 82.3 Å². The maximum absolute atomic E-state index is 14.3. The first-order chi connectivity index (χ1) is 13.9. The van der Waals surface area contributed by atoms with Crippen LogP contribution in [0, 0.1) is 11.6 Å². The molecule has 0 saturated carbocycles. The second-order valence-electron chi connectivity index (χ2n) is 6.38. The number of nitrogens with zero attached hydrogens (tertiary/aromatic N) is 3. The maximum atomic E-state index is 14.3. The molecule has 0 atom stereocenters. The van der Waals surface area contributed by atoms with Crippen molar-refractivity contribution in [2.75, 3.05) is 5.32 Å². The molecule has 2 aromatic heterocycles. The van der Waals surface area contributed by atoms with Gasteiger partial charge in [0.2, 0.25) is 0 Å². The maximum Gasteiger partial charge on any atom is 0.254 e.